The average Bonchev–Trinajstić information content (AvgIpc) is 3.33. The first-order valence-corrected chi connectivity index (χ1v) is 13.2. The van der Waals surface area contributed by atoms with Crippen molar-refractivity contribution in [2.45, 2.75) is 47.1 Å². The Labute approximate surface area is 229 Å². The molecule has 7 heteroatoms. The maximum atomic E-state index is 13.8. The lowest BCUT2D eigenvalue weighted by molar-refractivity contribution is -0.113. The van der Waals surface area contributed by atoms with E-state index in [1.54, 1.807) is 10.9 Å². The van der Waals surface area contributed by atoms with Crippen LogP contribution in [0.3, 0.4) is 0 Å². The normalized spacial score (nSPS) is 14.4. The van der Waals surface area contributed by atoms with Crippen LogP contribution >= 0.6 is 0 Å². The maximum Gasteiger partial charge on any atom is 0.261 e. The minimum absolute atomic E-state index is 0.219. The largest absolute Gasteiger partial charge is 0.343 e. The van der Waals surface area contributed by atoms with E-state index >= 15 is 0 Å². The van der Waals surface area contributed by atoms with Gasteiger partial charge in [-0.3, -0.25) is 9.59 Å². The molecule has 1 aliphatic rings. The first kappa shape index (κ1) is 26.0. The Hall–Kier alpha value is -4.65. The minimum atomic E-state index is -0.515. The summed E-state index contributed by atoms with van der Waals surface area (Å²) in [6.07, 6.45) is 2.47. The Balaban J connectivity index is 1.54. The molecule has 0 saturated carbocycles. The summed E-state index contributed by atoms with van der Waals surface area (Å²) in [5, 5.41) is 14.0. The molecule has 1 aromatic heterocycles. The number of hydrogen-bond donors (Lipinski definition) is 3. The van der Waals surface area contributed by atoms with Crippen molar-refractivity contribution in [3.63, 3.8) is 0 Å². The number of nitrogens with zero attached hydrogens (tertiary/aromatic N) is 2. The molecule has 0 aliphatic carbocycles. The first-order valence-electron chi connectivity index (χ1n) is 13.2. The van der Waals surface area contributed by atoms with Crippen molar-refractivity contribution in [2.75, 3.05) is 16.0 Å². The second-order valence-electron chi connectivity index (χ2n) is 10.1. The summed E-state index contributed by atoms with van der Waals surface area (Å²) in [5.41, 5.74) is 8.37. The number of benzene rings is 3. The topological polar surface area (TPSA) is 88.1 Å². The van der Waals surface area contributed by atoms with E-state index in [9.17, 15) is 9.59 Å². The van der Waals surface area contributed by atoms with Crippen LogP contribution in [0.4, 0.5) is 17.2 Å². The Morgan fingerprint density at radius 2 is 1.64 bits per heavy atom. The number of hydrogen-bond acceptors (Lipinski definition) is 4. The van der Waals surface area contributed by atoms with Crippen molar-refractivity contribution in [1.82, 2.24) is 9.78 Å². The summed E-state index contributed by atoms with van der Waals surface area (Å²) < 4.78 is 1.73. The van der Waals surface area contributed by atoms with E-state index in [2.05, 4.69) is 40.1 Å². The van der Waals surface area contributed by atoms with Crippen molar-refractivity contribution in [2.24, 2.45) is 0 Å². The van der Waals surface area contributed by atoms with Gasteiger partial charge >= 0.3 is 0 Å². The Bertz CT molecular complexity index is 1600. The molecule has 2 heterocycles. The fraction of sp³-hybridized carbons (Fsp3) is 0.219. The van der Waals surface area contributed by atoms with E-state index in [0.717, 1.165) is 34.4 Å². The summed E-state index contributed by atoms with van der Waals surface area (Å²) in [4.78, 5) is 27.1. The van der Waals surface area contributed by atoms with Gasteiger partial charge in [-0.1, -0.05) is 61.0 Å². The van der Waals surface area contributed by atoms with E-state index in [1.165, 1.54) is 5.56 Å². The summed E-state index contributed by atoms with van der Waals surface area (Å²) in [6.45, 7) is 9.96. The minimum Gasteiger partial charge on any atom is -0.343 e. The Kier molecular flexibility index (Phi) is 7.07. The molecular weight excluding hydrogens is 486 g/mol. The number of rotatable bonds is 6. The number of fused-ring (bicyclic) bond motifs is 1. The first-order chi connectivity index (χ1) is 18.7. The van der Waals surface area contributed by atoms with Crippen molar-refractivity contribution in [3.05, 3.63) is 118 Å². The van der Waals surface area contributed by atoms with Crippen LogP contribution in [0.25, 0.3) is 0 Å². The van der Waals surface area contributed by atoms with Crippen molar-refractivity contribution in [3.8, 4) is 0 Å². The highest BCUT2D eigenvalue weighted by Crippen LogP contribution is 2.38. The number of carbonyl (C=O) groups is 2. The molecule has 7 nitrogen and oxygen atoms in total. The van der Waals surface area contributed by atoms with Crippen molar-refractivity contribution < 1.29 is 9.59 Å². The molecule has 3 aromatic carbocycles. The van der Waals surface area contributed by atoms with Gasteiger partial charge in [0.2, 0.25) is 0 Å². The van der Waals surface area contributed by atoms with Crippen LogP contribution in [0.15, 0.2) is 84.2 Å². The predicted molar refractivity (Wildman–Crippen MR) is 156 cm³/mol. The molecule has 0 spiro atoms. The van der Waals surface area contributed by atoms with Gasteiger partial charge in [-0.05, 0) is 74.6 Å². The van der Waals surface area contributed by atoms with Gasteiger partial charge in [0, 0.05) is 17.1 Å². The number of nitrogens with one attached hydrogen (secondary N) is 3. The highest BCUT2D eigenvalue weighted by atomic mass is 16.2. The SMILES string of the molecule is CCc1ccc(C2C(C(=O)Nc3ccc(C)cc3C)=C(C)Nc3c(C(=O)Nc4cccc(C)c4)cnn32)cc1. The maximum absolute atomic E-state index is 13.8. The van der Waals surface area contributed by atoms with Gasteiger partial charge in [0.25, 0.3) is 11.8 Å². The second-order valence-corrected chi connectivity index (χ2v) is 10.1. The monoisotopic (exact) mass is 519 g/mol. The quantitative estimate of drug-likeness (QED) is 0.270. The standard InChI is InChI=1S/C32H33N5O2/c1-6-23-11-13-24(14-12-23)29-28(32(39)36-27-15-10-20(3)16-21(27)4)22(5)34-30-26(18-33-37(29)30)31(38)35-25-9-7-8-19(2)17-25/h7-18,29,34H,6H2,1-5H3,(H,35,38)(H,36,39). The van der Waals surface area contributed by atoms with E-state index in [4.69, 9.17) is 0 Å². The lowest BCUT2D eigenvalue weighted by Crippen LogP contribution is -2.32. The zero-order valence-corrected chi connectivity index (χ0v) is 22.9. The summed E-state index contributed by atoms with van der Waals surface area (Å²) in [7, 11) is 0. The highest BCUT2D eigenvalue weighted by molar-refractivity contribution is 6.09. The summed E-state index contributed by atoms with van der Waals surface area (Å²) >= 11 is 0. The molecule has 4 aromatic rings. The van der Waals surface area contributed by atoms with E-state index < -0.39 is 6.04 Å². The number of amides is 2. The summed E-state index contributed by atoms with van der Waals surface area (Å²) in [5.74, 6) is 0.0548. The van der Waals surface area contributed by atoms with Crippen LogP contribution in [-0.4, -0.2) is 21.6 Å². The Morgan fingerprint density at radius 1 is 0.897 bits per heavy atom. The number of anilines is 3. The van der Waals surface area contributed by atoms with E-state index in [1.807, 2.05) is 82.3 Å². The van der Waals surface area contributed by atoms with Gasteiger partial charge in [0.15, 0.2) is 0 Å². The summed E-state index contributed by atoms with van der Waals surface area (Å²) in [6, 6.07) is 21.3. The number of allylic oxidation sites excluding steroid dienone is 1. The van der Waals surface area contributed by atoms with Crippen LogP contribution in [0.1, 0.15) is 58.1 Å². The van der Waals surface area contributed by atoms with E-state index in [0.29, 0.717) is 28.3 Å². The molecule has 0 fully saturated rings. The molecule has 1 unspecified atom stereocenters. The Morgan fingerprint density at radius 3 is 2.33 bits per heavy atom. The number of carbonyl (C=O) groups excluding carboxylic acids is 2. The molecule has 39 heavy (non-hydrogen) atoms. The molecule has 3 N–H and O–H groups in total. The third-order valence-corrected chi connectivity index (χ3v) is 7.12. The van der Waals surface area contributed by atoms with Gasteiger partial charge in [-0.25, -0.2) is 4.68 Å². The molecule has 0 saturated heterocycles. The molecule has 0 radical (unpaired) electrons. The third kappa shape index (κ3) is 5.21. The van der Waals surface area contributed by atoms with Gasteiger partial charge < -0.3 is 16.0 Å². The van der Waals surface area contributed by atoms with Gasteiger partial charge in [-0.15, -0.1) is 0 Å². The zero-order chi connectivity index (χ0) is 27.7. The molecular formula is C32H33N5O2. The molecule has 1 aliphatic heterocycles. The fourth-order valence-electron chi connectivity index (χ4n) is 5.02. The lowest BCUT2D eigenvalue weighted by Gasteiger charge is -2.30. The number of aryl methyl sites for hydroxylation is 4. The van der Waals surface area contributed by atoms with Crippen LogP contribution in [0.2, 0.25) is 0 Å². The fourth-order valence-corrected chi connectivity index (χ4v) is 5.02. The van der Waals surface area contributed by atoms with Crippen LogP contribution in [-0.2, 0) is 11.2 Å². The lowest BCUT2D eigenvalue weighted by atomic mass is 9.93. The molecule has 198 valence electrons. The molecule has 2 amide bonds. The predicted octanol–water partition coefficient (Wildman–Crippen LogP) is 6.55. The number of aromatic nitrogens is 2. The zero-order valence-electron chi connectivity index (χ0n) is 22.9. The van der Waals surface area contributed by atoms with Crippen molar-refractivity contribution in [1.29, 1.82) is 0 Å². The van der Waals surface area contributed by atoms with Gasteiger partial charge in [-0.2, -0.15) is 5.10 Å². The van der Waals surface area contributed by atoms with Crippen molar-refractivity contribution >= 4 is 29.0 Å². The van der Waals surface area contributed by atoms with Gasteiger partial charge in [0.1, 0.15) is 17.4 Å². The second kappa shape index (κ2) is 10.6. The van der Waals surface area contributed by atoms with Crippen LogP contribution < -0.4 is 16.0 Å². The smallest absolute Gasteiger partial charge is 0.261 e. The molecule has 1 atom stereocenters. The van der Waals surface area contributed by atoms with E-state index in [-0.39, 0.29) is 11.8 Å². The third-order valence-electron chi connectivity index (χ3n) is 7.12. The average molecular weight is 520 g/mol. The molecule has 5 rings (SSSR count). The molecule has 0 bridgehead atoms. The highest BCUT2D eigenvalue weighted by Gasteiger charge is 2.35. The van der Waals surface area contributed by atoms with Gasteiger partial charge in [0.05, 0.1) is 11.8 Å². The van der Waals surface area contributed by atoms with Crippen LogP contribution in [0, 0.1) is 20.8 Å². The van der Waals surface area contributed by atoms with Crippen LogP contribution in [0.5, 0.6) is 0 Å².